The highest BCUT2D eigenvalue weighted by molar-refractivity contribution is 5.37. The normalized spacial score (nSPS) is 18.2. The van der Waals surface area contributed by atoms with Crippen molar-refractivity contribution in [3.63, 3.8) is 0 Å². The summed E-state index contributed by atoms with van der Waals surface area (Å²) >= 11 is 0. The highest BCUT2D eigenvalue weighted by atomic mass is 19.4. The van der Waals surface area contributed by atoms with Crippen LogP contribution in [-0.4, -0.2) is 0 Å². The van der Waals surface area contributed by atoms with Crippen molar-refractivity contribution in [1.29, 1.82) is 0 Å². The molecule has 3 rings (SSSR count). The molecule has 2 aromatic rings. The molecule has 1 unspecified atom stereocenters. The van der Waals surface area contributed by atoms with Crippen LogP contribution in [0.3, 0.4) is 0 Å². The zero-order chi connectivity index (χ0) is 14.2. The minimum Gasteiger partial charge on any atom is -0.485 e. The second-order valence-electron chi connectivity index (χ2n) is 4.87. The number of para-hydroxylation sites is 1. The molecule has 0 spiro atoms. The van der Waals surface area contributed by atoms with Gasteiger partial charge in [0.15, 0.2) is 0 Å². The van der Waals surface area contributed by atoms with Crippen LogP contribution in [0.15, 0.2) is 48.5 Å². The molecular formula is C16H13F3O. The Morgan fingerprint density at radius 2 is 1.65 bits per heavy atom. The summed E-state index contributed by atoms with van der Waals surface area (Å²) in [5.41, 5.74) is 1.31. The van der Waals surface area contributed by atoms with E-state index < -0.39 is 11.7 Å². The molecule has 104 valence electrons. The van der Waals surface area contributed by atoms with Crippen molar-refractivity contribution in [3.8, 4) is 5.75 Å². The Hall–Kier alpha value is -1.97. The van der Waals surface area contributed by atoms with E-state index in [0.29, 0.717) is 0 Å². The molecule has 0 fully saturated rings. The number of aryl methyl sites for hydroxylation is 1. The van der Waals surface area contributed by atoms with Gasteiger partial charge in [-0.2, -0.15) is 13.2 Å². The van der Waals surface area contributed by atoms with Gasteiger partial charge in [-0.15, -0.1) is 0 Å². The van der Waals surface area contributed by atoms with Crippen LogP contribution in [0.25, 0.3) is 0 Å². The van der Waals surface area contributed by atoms with E-state index in [1.54, 1.807) is 0 Å². The van der Waals surface area contributed by atoms with Crippen molar-refractivity contribution < 1.29 is 17.9 Å². The van der Waals surface area contributed by atoms with Gasteiger partial charge in [-0.25, -0.2) is 0 Å². The first-order valence-electron chi connectivity index (χ1n) is 6.46. The van der Waals surface area contributed by atoms with E-state index in [9.17, 15) is 13.2 Å². The highest BCUT2D eigenvalue weighted by Crippen LogP contribution is 2.36. The molecule has 1 aliphatic heterocycles. The summed E-state index contributed by atoms with van der Waals surface area (Å²) in [7, 11) is 0. The van der Waals surface area contributed by atoms with Gasteiger partial charge in [0, 0.05) is 0 Å². The first-order chi connectivity index (χ1) is 9.54. The summed E-state index contributed by atoms with van der Waals surface area (Å²) in [6.45, 7) is 0. The molecule has 1 nitrogen and oxygen atoms in total. The van der Waals surface area contributed by atoms with E-state index in [4.69, 9.17) is 4.74 Å². The SMILES string of the molecule is FC(F)(F)c1ccc(C2CCc3ccccc3O2)cc1. The minimum atomic E-state index is -4.29. The van der Waals surface area contributed by atoms with E-state index >= 15 is 0 Å². The number of rotatable bonds is 1. The maximum atomic E-state index is 12.5. The molecule has 4 heteroatoms. The molecule has 0 aliphatic carbocycles. The third-order valence-electron chi connectivity index (χ3n) is 3.53. The molecule has 1 aliphatic rings. The van der Waals surface area contributed by atoms with Crippen LogP contribution in [0.4, 0.5) is 13.2 Å². The number of ether oxygens (including phenoxy) is 1. The van der Waals surface area contributed by atoms with E-state index in [1.807, 2.05) is 24.3 Å². The van der Waals surface area contributed by atoms with Crippen LogP contribution in [0.2, 0.25) is 0 Å². The smallest absolute Gasteiger partial charge is 0.416 e. The summed E-state index contributed by atoms with van der Waals surface area (Å²) in [5, 5.41) is 0. The van der Waals surface area contributed by atoms with Crippen molar-refractivity contribution in [2.24, 2.45) is 0 Å². The molecule has 0 N–H and O–H groups in total. The van der Waals surface area contributed by atoms with Crippen molar-refractivity contribution in [2.45, 2.75) is 25.1 Å². The van der Waals surface area contributed by atoms with Crippen molar-refractivity contribution in [2.75, 3.05) is 0 Å². The Bertz CT molecular complexity index is 602. The van der Waals surface area contributed by atoms with Gasteiger partial charge in [-0.05, 0) is 42.2 Å². The lowest BCUT2D eigenvalue weighted by molar-refractivity contribution is -0.137. The van der Waals surface area contributed by atoms with Crippen LogP contribution in [0.1, 0.15) is 29.2 Å². The quantitative estimate of drug-likeness (QED) is 0.730. The van der Waals surface area contributed by atoms with Crippen LogP contribution in [0, 0.1) is 0 Å². The first-order valence-corrected chi connectivity index (χ1v) is 6.46. The highest BCUT2D eigenvalue weighted by Gasteiger charge is 2.30. The lowest BCUT2D eigenvalue weighted by Gasteiger charge is -2.26. The summed E-state index contributed by atoms with van der Waals surface area (Å²) in [5.74, 6) is 0.823. The number of fused-ring (bicyclic) bond motifs is 1. The third-order valence-corrected chi connectivity index (χ3v) is 3.53. The average Bonchev–Trinajstić information content (AvgIpc) is 2.46. The number of hydrogen-bond acceptors (Lipinski definition) is 1. The van der Waals surface area contributed by atoms with Crippen LogP contribution < -0.4 is 4.74 Å². The molecule has 1 atom stereocenters. The Labute approximate surface area is 115 Å². The molecule has 0 saturated heterocycles. The van der Waals surface area contributed by atoms with Gasteiger partial charge >= 0.3 is 6.18 Å². The largest absolute Gasteiger partial charge is 0.485 e. The average molecular weight is 278 g/mol. The molecule has 0 saturated carbocycles. The van der Waals surface area contributed by atoms with Gasteiger partial charge in [0.1, 0.15) is 11.9 Å². The predicted octanol–water partition coefficient (Wildman–Crippen LogP) is 4.77. The Balaban J connectivity index is 1.81. The third kappa shape index (κ3) is 2.50. The van der Waals surface area contributed by atoms with Crippen LogP contribution in [0.5, 0.6) is 5.75 Å². The fourth-order valence-electron chi connectivity index (χ4n) is 2.45. The molecule has 0 aromatic heterocycles. The van der Waals surface area contributed by atoms with Crippen molar-refractivity contribution in [1.82, 2.24) is 0 Å². The fraction of sp³-hybridized carbons (Fsp3) is 0.250. The number of benzene rings is 2. The van der Waals surface area contributed by atoms with Crippen LogP contribution >= 0.6 is 0 Å². The van der Waals surface area contributed by atoms with Gasteiger partial charge < -0.3 is 4.74 Å². The molecule has 0 amide bonds. The van der Waals surface area contributed by atoms with Crippen LogP contribution in [-0.2, 0) is 12.6 Å². The van der Waals surface area contributed by atoms with E-state index in [2.05, 4.69) is 0 Å². The number of alkyl halides is 3. The summed E-state index contributed by atoms with van der Waals surface area (Å²) in [4.78, 5) is 0. The summed E-state index contributed by atoms with van der Waals surface area (Å²) < 4.78 is 43.4. The number of halogens is 3. The second-order valence-corrected chi connectivity index (χ2v) is 4.87. The van der Waals surface area contributed by atoms with Gasteiger partial charge in [-0.1, -0.05) is 30.3 Å². The Morgan fingerprint density at radius 3 is 2.35 bits per heavy atom. The Kier molecular flexibility index (Phi) is 3.16. The standard InChI is InChI=1S/C16H13F3O/c17-16(18,19)13-8-5-12(6-9-13)15-10-7-11-3-1-2-4-14(11)20-15/h1-6,8-9,15H,7,10H2. The maximum absolute atomic E-state index is 12.5. The second kappa shape index (κ2) is 4.85. The monoisotopic (exact) mass is 278 g/mol. The van der Waals surface area contributed by atoms with E-state index in [1.165, 1.54) is 12.1 Å². The van der Waals surface area contributed by atoms with Gasteiger partial charge in [0.05, 0.1) is 5.56 Å². The minimum absolute atomic E-state index is 0.174. The zero-order valence-corrected chi connectivity index (χ0v) is 10.7. The lowest BCUT2D eigenvalue weighted by Crippen LogP contribution is -2.15. The lowest BCUT2D eigenvalue weighted by atomic mass is 9.97. The first kappa shape index (κ1) is 13.0. The van der Waals surface area contributed by atoms with E-state index in [-0.39, 0.29) is 6.10 Å². The molecule has 2 aromatic carbocycles. The zero-order valence-electron chi connectivity index (χ0n) is 10.7. The summed E-state index contributed by atoms with van der Waals surface area (Å²) in [6.07, 6.45) is -2.81. The van der Waals surface area contributed by atoms with Gasteiger partial charge in [-0.3, -0.25) is 0 Å². The topological polar surface area (TPSA) is 9.23 Å². The van der Waals surface area contributed by atoms with Crippen molar-refractivity contribution in [3.05, 3.63) is 65.2 Å². The van der Waals surface area contributed by atoms with E-state index in [0.717, 1.165) is 41.9 Å². The Morgan fingerprint density at radius 1 is 0.950 bits per heavy atom. The number of hydrogen-bond donors (Lipinski definition) is 0. The molecule has 0 bridgehead atoms. The summed E-state index contributed by atoms with van der Waals surface area (Å²) in [6, 6.07) is 13.0. The van der Waals surface area contributed by atoms with Crippen molar-refractivity contribution >= 4 is 0 Å². The van der Waals surface area contributed by atoms with Gasteiger partial charge in [0.2, 0.25) is 0 Å². The molecule has 1 heterocycles. The molecular weight excluding hydrogens is 265 g/mol. The predicted molar refractivity (Wildman–Crippen MR) is 69.6 cm³/mol. The van der Waals surface area contributed by atoms with Gasteiger partial charge in [0.25, 0.3) is 0 Å². The maximum Gasteiger partial charge on any atom is 0.416 e. The molecule has 0 radical (unpaired) electrons. The fourth-order valence-corrected chi connectivity index (χ4v) is 2.45. The molecule has 20 heavy (non-hydrogen) atoms.